The van der Waals surface area contributed by atoms with Crippen molar-refractivity contribution in [1.82, 2.24) is 0 Å². The number of rotatable bonds is 18. The standard InChI is InChI=1S/C21H38N.C8H5F3O2S.Eu/c1-2-3-4-5-6-7-8-9-10-11-12-13-14-16-19-22-20-17-15-18-21-22;9-8(10,11)7(13)4-5(12)6-2-1-3-14-6;/h15,17-18,20-21H,2-14,16,19H2,1H3;1-3H,4H2;/q+1;;+3. The quantitative estimate of drug-likeness (QED) is 0.0684. The molecule has 2 aromatic rings. The van der Waals surface area contributed by atoms with Gasteiger partial charge in [0.2, 0.25) is 5.78 Å². The van der Waals surface area contributed by atoms with E-state index in [1.54, 1.807) is 5.38 Å². The van der Waals surface area contributed by atoms with Gasteiger partial charge in [-0.3, -0.25) is 9.59 Å². The molecule has 0 aliphatic rings. The van der Waals surface area contributed by atoms with Gasteiger partial charge in [-0.1, -0.05) is 96.1 Å². The first kappa shape index (κ1) is 36.6. The molecular formula is C29H43EuF3NO2S+4. The van der Waals surface area contributed by atoms with Gasteiger partial charge in [0.1, 0.15) is 6.54 Å². The second-order valence-corrected chi connectivity index (χ2v) is 10.2. The Balaban J connectivity index is 0.000000747. The van der Waals surface area contributed by atoms with Crippen LogP contribution in [-0.4, -0.2) is 17.7 Å². The maximum atomic E-state index is 11.8. The zero-order valence-corrected chi connectivity index (χ0v) is 25.4. The number of alkyl halides is 3. The number of ketones is 2. The molecule has 0 fully saturated rings. The van der Waals surface area contributed by atoms with Crippen LogP contribution in [0.15, 0.2) is 48.1 Å². The summed E-state index contributed by atoms with van der Waals surface area (Å²) in [5.74, 6) is -2.79. The van der Waals surface area contributed by atoms with E-state index >= 15 is 0 Å². The second kappa shape index (κ2) is 23.5. The molecule has 37 heavy (non-hydrogen) atoms. The van der Waals surface area contributed by atoms with Crippen molar-refractivity contribution in [2.45, 2.75) is 116 Å². The number of unbranched alkanes of at least 4 members (excludes halogenated alkanes) is 13. The van der Waals surface area contributed by atoms with Crippen molar-refractivity contribution in [3.05, 3.63) is 53.0 Å². The van der Waals surface area contributed by atoms with Gasteiger partial charge >= 0.3 is 55.6 Å². The van der Waals surface area contributed by atoms with Gasteiger partial charge in [-0.05, 0) is 17.9 Å². The van der Waals surface area contributed by atoms with Crippen molar-refractivity contribution in [1.29, 1.82) is 0 Å². The summed E-state index contributed by atoms with van der Waals surface area (Å²) in [5.41, 5.74) is 0. The van der Waals surface area contributed by atoms with Crippen LogP contribution in [0.4, 0.5) is 13.2 Å². The summed E-state index contributed by atoms with van der Waals surface area (Å²) in [6.45, 7) is 3.47. The molecule has 0 bridgehead atoms. The molecule has 2 rings (SSSR count). The molecule has 0 aromatic carbocycles. The van der Waals surface area contributed by atoms with Crippen molar-refractivity contribution in [2.75, 3.05) is 0 Å². The van der Waals surface area contributed by atoms with Gasteiger partial charge in [0.05, 0.1) is 11.3 Å². The van der Waals surface area contributed by atoms with E-state index < -0.39 is 24.2 Å². The molecule has 8 heteroatoms. The Morgan fingerprint density at radius 3 is 1.68 bits per heavy atom. The van der Waals surface area contributed by atoms with E-state index in [2.05, 4.69) is 42.1 Å². The predicted molar refractivity (Wildman–Crippen MR) is 141 cm³/mol. The van der Waals surface area contributed by atoms with Crippen LogP contribution in [0.5, 0.6) is 0 Å². The molecule has 3 nitrogen and oxygen atoms in total. The van der Waals surface area contributed by atoms with Gasteiger partial charge in [-0.25, -0.2) is 4.57 Å². The van der Waals surface area contributed by atoms with Crippen LogP contribution in [0.3, 0.4) is 0 Å². The number of hydrogen-bond donors (Lipinski definition) is 0. The molecule has 0 atom stereocenters. The summed E-state index contributed by atoms with van der Waals surface area (Å²) in [6, 6.07) is 9.24. The molecular weight excluding hydrogens is 635 g/mol. The minimum Gasteiger partial charge on any atom is -0.293 e. The number of Topliss-reactive ketones (excluding diaryl/α,β-unsaturated/α-hetero) is 2. The molecule has 0 aliphatic carbocycles. The Labute approximate surface area is 266 Å². The van der Waals surface area contributed by atoms with E-state index in [1.165, 1.54) is 109 Å². The predicted octanol–water partition coefficient (Wildman–Crippen LogP) is 8.91. The number of pyridine rings is 1. The van der Waals surface area contributed by atoms with E-state index in [1.807, 2.05) is 0 Å². The fourth-order valence-electron chi connectivity index (χ4n) is 3.84. The van der Waals surface area contributed by atoms with Gasteiger partial charge in [0, 0.05) is 18.6 Å². The Bertz CT molecular complexity index is 814. The number of carbonyl (C=O) groups is 2. The number of aromatic nitrogens is 1. The summed E-state index contributed by atoms with van der Waals surface area (Å²) < 4.78 is 37.6. The third-order valence-electron chi connectivity index (χ3n) is 5.98. The molecule has 2 aromatic heterocycles. The fraction of sp³-hybridized carbons (Fsp3) is 0.621. The van der Waals surface area contributed by atoms with Crippen LogP contribution < -0.4 is 4.57 Å². The van der Waals surface area contributed by atoms with Crippen LogP contribution in [0.25, 0.3) is 0 Å². The summed E-state index contributed by atoms with van der Waals surface area (Å²) in [4.78, 5) is 21.7. The summed E-state index contributed by atoms with van der Waals surface area (Å²) in [5, 5.41) is 1.56. The zero-order chi connectivity index (χ0) is 26.5. The Hall–Kier alpha value is -0.436. The molecule has 206 valence electrons. The minimum absolute atomic E-state index is 0. The van der Waals surface area contributed by atoms with Crippen molar-refractivity contribution in [2.24, 2.45) is 0 Å². The largest absolute Gasteiger partial charge is 3.00 e. The first-order chi connectivity index (χ1) is 17.3. The zero-order valence-electron chi connectivity index (χ0n) is 22.1. The van der Waals surface area contributed by atoms with Crippen molar-refractivity contribution in [3.8, 4) is 0 Å². The van der Waals surface area contributed by atoms with E-state index in [4.69, 9.17) is 0 Å². The van der Waals surface area contributed by atoms with Gasteiger partial charge in [0.15, 0.2) is 18.2 Å². The molecule has 2 heterocycles. The number of halogens is 3. The normalized spacial score (nSPS) is 10.8. The first-order valence-corrected chi connectivity index (χ1v) is 14.3. The molecule has 0 amide bonds. The molecule has 0 radical (unpaired) electrons. The van der Waals surface area contributed by atoms with Gasteiger partial charge in [-0.15, -0.1) is 11.3 Å². The number of nitrogens with zero attached hydrogens (tertiary/aromatic N) is 1. The molecule has 0 spiro atoms. The van der Waals surface area contributed by atoms with Crippen LogP contribution in [0, 0.1) is 49.4 Å². The van der Waals surface area contributed by atoms with E-state index in [0.717, 1.165) is 11.3 Å². The van der Waals surface area contributed by atoms with Crippen molar-refractivity contribution < 1.29 is 76.7 Å². The molecule has 0 N–H and O–H groups in total. The van der Waals surface area contributed by atoms with Gasteiger partial charge < -0.3 is 0 Å². The second-order valence-electron chi connectivity index (χ2n) is 9.21. The molecule has 0 unspecified atom stereocenters. The summed E-state index contributed by atoms with van der Waals surface area (Å²) in [7, 11) is 0. The molecule has 0 saturated heterocycles. The van der Waals surface area contributed by atoms with Crippen LogP contribution in [0.1, 0.15) is 113 Å². The smallest absolute Gasteiger partial charge is 0.293 e. The number of hydrogen-bond acceptors (Lipinski definition) is 3. The monoisotopic (exact) mass is 679 g/mol. The van der Waals surface area contributed by atoms with Crippen molar-refractivity contribution in [3.63, 3.8) is 0 Å². The van der Waals surface area contributed by atoms with Crippen LogP contribution in [0.2, 0.25) is 0 Å². The Kier molecular flexibility index (Phi) is 23.2. The maximum absolute atomic E-state index is 11.8. The number of carbonyl (C=O) groups excluding carboxylic acids is 2. The molecule has 0 saturated carbocycles. The Morgan fingerprint density at radius 2 is 1.24 bits per heavy atom. The minimum atomic E-state index is -4.92. The van der Waals surface area contributed by atoms with E-state index in [0.29, 0.717) is 0 Å². The van der Waals surface area contributed by atoms with Crippen molar-refractivity contribution >= 4 is 22.9 Å². The third kappa shape index (κ3) is 20.2. The average Bonchev–Trinajstić information content (AvgIpc) is 3.40. The van der Waals surface area contributed by atoms with Gasteiger partial charge in [-0.2, -0.15) is 13.2 Å². The summed E-state index contributed by atoms with van der Waals surface area (Å²) >= 11 is 1.01. The van der Waals surface area contributed by atoms with E-state index in [9.17, 15) is 22.8 Å². The SMILES string of the molecule is CCCCCCCCCCCCCCCC[n+]1ccccc1.O=C(CC(=O)C(F)(F)F)c1cccs1.[Eu+3]. The summed E-state index contributed by atoms with van der Waals surface area (Å²) in [6.07, 6.45) is 18.4. The first-order valence-electron chi connectivity index (χ1n) is 13.5. The van der Waals surface area contributed by atoms with Gasteiger partial charge in [0.25, 0.3) is 0 Å². The third-order valence-corrected chi connectivity index (χ3v) is 6.89. The van der Waals surface area contributed by atoms with E-state index in [-0.39, 0.29) is 54.3 Å². The Morgan fingerprint density at radius 1 is 0.757 bits per heavy atom. The fourth-order valence-corrected chi connectivity index (χ4v) is 4.51. The average molecular weight is 679 g/mol. The maximum Gasteiger partial charge on any atom is 3.00 e. The van der Waals surface area contributed by atoms with Crippen LogP contribution in [-0.2, 0) is 11.3 Å². The number of aryl methyl sites for hydroxylation is 1. The topological polar surface area (TPSA) is 38.0 Å². The molecule has 0 aliphatic heterocycles. The number of thiophene rings is 1. The van der Waals surface area contributed by atoms with Crippen LogP contribution >= 0.6 is 11.3 Å².